The van der Waals surface area contributed by atoms with Crippen molar-refractivity contribution < 1.29 is 27.5 Å². The first-order valence-corrected chi connectivity index (χ1v) is 16.9. The van der Waals surface area contributed by atoms with Crippen molar-refractivity contribution in [3.05, 3.63) is 46.6 Å². The minimum atomic E-state index is -3.51. The van der Waals surface area contributed by atoms with Crippen LogP contribution in [0, 0.1) is 5.82 Å². The normalized spacial score (nSPS) is 22.0. The van der Waals surface area contributed by atoms with Gasteiger partial charge in [-0.1, -0.05) is 6.07 Å². The number of aryl methyl sites for hydroxylation is 1. The average molecular weight is 636 g/mol. The Morgan fingerprint density at radius 2 is 1.84 bits per heavy atom. The van der Waals surface area contributed by atoms with E-state index in [4.69, 9.17) is 30.1 Å². The summed E-state index contributed by atoms with van der Waals surface area (Å²) in [6.45, 7) is 12.7. The summed E-state index contributed by atoms with van der Waals surface area (Å²) in [7, 11) is -3.51. The fourth-order valence-corrected chi connectivity index (χ4v) is 8.76. The summed E-state index contributed by atoms with van der Waals surface area (Å²) in [5.41, 5.74) is 1.55. The maximum Gasteiger partial charge on any atom is 0.357 e. The molecular formula is C30H40ClFN5O5P. The van der Waals surface area contributed by atoms with E-state index in [0.29, 0.717) is 12.1 Å². The van der Waals surface area contributed by atoms with E-state index in [-0.39, 0.29) is 41.8 Å². The van der Waals surface area contributed by atoms with Crippen LogP contribution in [-0.2, 0) is 34.9 Å². The van der Waals surface area contributed by atoms with Crippen LogP contribution < -0.4 is 4.90 Å². The number of fused-ring (bicyclic) bond motifs is 3. The fourth-order valence-electron chi connectivity index (χ4n) is 6.46. The van der Waals surface area contributed by atoms with Crippen LogP contribution >= 0.6 is 19.2 Å². The van der Waals surface area contributed by atoms with E-state index >= 15 is 0 Å². The number of hydrogen-bond acceptors (Lipinski definition) is 9. The number of benzene rings is 1. The highest BCUT2D eigenvalue weighted by molar-refractivity contribution is 7.53. The molecule has 0 bridgehead atoms. The molecule has 10 nitrogen and oxygen atoms in total. The van der Waals surface area contributed by atoms with Gasteiger partial charge in [-0.15, -0.1) is 0 Å². The van der Waals surface area contributed by atoms with Crippen molar-refractivity contribution in [1.29, 1.82) is 0 Å². The van der Waals surface area contributed by atoms with Crippen molar-refractivity contribution >= 4 is 36.0 Å². The van der Waals surface area contributed by atoms with Gasteiger partial charge in [-0.3, -0.25) is 4.57 Å². The van der Waals surface area contributed by atoms with Crippen molar-refractivity contribution in [3.63, 3.8) is 0 Å². The molecule has 2 saturated heterocycles. The first-order chi connectivity index (χ1) is 20.1. The molecule has 0 unspecified atom stereocenters. The lowest BCUT2D eigenvalue weighted by Gasteiger charge is -2.49. The van der Waals surface area contributed by atoms with Crippen LogP contribution in [0.2, 0.25) is 5.28 Å². The van der Waals surface area contributed by atoms with E-state index < -0.39 is 18.8 Å². The molecule has 13 heteroatoms. The monoisotopic (exact) mass is 635 g/mol. The van der Waals surface area contributed by atoms with Crippen LogP contribution in [-0.4, -0.2) is 63.1 Å². The first-order valence-electron chi connectivity index (χ1n) is 14.8. The van der Waals surface area contributed by atoms with Gasteiger partial charge in [-0.05, 0) is 102 Å². The standard InChI is InChI=1S/C30H40ClFN5O5P/c1-28(2,3)41-43(38,42-29(4,5)6)18-39-15-21-9-10-24(40-21)37-26-22(14-33-37)25(34-27(31)35-26)36-16-30(17-36)12-11-19-7-8-20(32)13-23(19)30/h7-8,13-14,21,24H,9-12,15-18H2,1-6H3/t21-,24+/m0/s1. The Bertz CT molecular complexity index is 1540. The summed E-state index contributed by atoms with van der Waals surface area (Å²) in [5.74, 6) is 0.529. The number of rotatable bonds is 8. The smallest absolute Gasteiger partial charge is 0.357 e. The topological polar surface area (TPSA) is 101 Å². The van der Waals surface area contributed by atoms with Gasteiger partial charge in [0.25, 0.3) is 0 Å². The zero-order valence-electron chi connectivity index (χ0n) is 25.6. The Hall–Kier alpha value is -2.14. The summed E-state index contributed by atoms with van der Waals surface area (Å²) in [4.78, 5) is 11.2. The van der Waals surface area contributed by atoms with Gasteiger partial charge in [0.2, 0.25) is 5.28 Å². The van der Waals surface area contributed by atoms with E-state index in [1.54, 1.807) is 23.0 Å². The molecule has 2 aromatic heterocycles. The second-order valence-electron chi connectivity index (χ2n) is 13.9. The van der Waals surface area contributed by atoms with Gasteiger partial charge < -0.3 is 23.4 Å². The van der Waals surface area contributed by atoms with Crippen LogP contribution in [0.4, 0.5) is 10.2 Å². The molecule has 4 heterocycles. The Labute approximate surface area is 256 Å². The van der Waals surface area contributed by atoms with Gasteiger partial charge in [-0.25, -0.2) is 9.07 Å². The fraction of sp³-hybridized carbons (Fsp3) is 0.633. The number of ether oxygens (including phenoxy) is 2. The molecule has 3 aliphatic rings. The predicted molar refractivity (Wildman–Crippen MR) is 162 cm³/mol. The van der Waals surface area contributed by atoms with Crippen LogP contribution in [0.15, 0.2) is 24.4 Å². The molecule has 43 heavy (non-hydrogen) atoms. The van der Waals surface area contributed by atoms with Gasteiger partial charge in [0.1, 0.15) is 18.0 Å². The molecule has 0 N–H and O–H groups in total. The zero-order chi connectivity index (χ0) is 30.8. The third kappa shape index (κ3) is 6.49. The van der Waals surface area contributed by atoms with Crippen LogP contribution in [0.1, 0.15) is 78.2 Å². The lowest BCUT2D eigenvalue weighted by atomic mass is 9.74. The maximum atomic E-state index is 14.1. The summed E-state index contributed by atoms with van der Waals surface area (Å²) < 4.78 is 53.0. The molecule has 0 radical (unpaired) electrons. The molecular weight excluding hydrogens is 596 g/mol. The van der Waals surface area contributed by atoms with Crippen molar-refractivity contribution in [2.24, 2.45) is 0 Å². The second-order valence-corrected chi connectivity index (χ2v) is 16.1. The van der Waals surface area contributed by atoms with Crippen LogP contribution in [0.3, 0.4) is 0 Å². The maximum absolute atomic E-state index is 14.1. The van der Waals surface area contributed by atoms with Crippen molar-refractivity contribution in [2.45, 2.75) is 96.2 Å². The largest absolute Gasteiger partial charge is 0.366 e. The molecule has 0 amide bonds. The summed E-state index contributed by atoms with van der Waals surface area (Å²) in [6.07, 6.45) is 4.37. The second kappa shape index (κ2) is 11.0. The lowest BCUT2D eigenvalue weighted by Crippen LogP contribution is -2.58. The average Bonchev–Trinajstić information content (AvgIpc) is 3.57. The Balaban J connectivity index is 1.12. The van der Waals surface area contributed by atoms with Crippen molar-refractivity contribution in [2.75, 3.05) is 30.9 Å². The number of nitrogens with zero attached hydrogens (tertiary/aromatic N) is 5. The highest BCUT2D eigenvalue weighted by Gasteiger charge is 2.49. The number of halogens is 2. The Morgan fingerprint density at radius 3 is 2.53 bits per heavy atom. The molecule has 1 aromatic carbocycles. The van der Waals surface area contributed by atoms with E-state index in [0.717, 1.165) is 49.1 Å². The lowest BCUT2D eigenvalue weighted by molar-refractivity contribution is -0.0429. The highest BCUT2D eigenvalue weighted by Crippen LogP contribution is 2.54. The molecule has 2 aliphatic heterocycles. The van der Waals surface area contributed by atoms with E-state index in [1.807, 2.05) is 47.6 Å². The van der Waals surface area contributed by atoms with Gasteiger partial charge in [-0.2, -0.15) is 15.1 Å². The molecule has 6 rings (SSSR count). The minimum Gasteiger partial charge on any atom is -0.366 e. The van der Waals surface area contributed by atoms with Crippen LogP contribution in [0.25, 0.3) is 11.0 Å². The van der Waals surface area contributed by atoms with E-state index in [2.05, 4.69) is 20.0 Å². The zero-order valence-corrected chi connectivity index (χ0v) is 27.3. The number of anilines is 1. The SMILES string of the molecule is CC(C)(C)OP(=O)(COC[C@@H]1CC[C@H](n2ncc3c(N4CC5(CCc6ccc(F)cc65)C4)nc(Cl)nc32)O1)OC(C)(C)C. The van der Waals surface area contributed by atoms with Crippen molar-refractivity contribution in [3.8, 4) is 0 Å². The summed E-state index contributed by atoms with van der Waals surface area (Å²) in [6, 6.07) is 5.13. The van der Waals surface area contributed by atoms with Gasteiger partial charge in [0.15, 0.2) is 11.9 Å². The van der Waals surface area contributed by atoms with E-state index in [1.165, 1.54) is 5.56 Å². The molecule has 1 spiro atoms. The third-order valence-electron chi connectivity index (χ3n) is 7.95. The van der Waals surface area contributed by atoms with Crippen LogP contribution in [0.5, 0.6) is 0 Å². The number of hydrogen-bond donors (Lipinski definition) is 0. The highest BCUT2D eigenvalue weighted by atomic mass is 35.5. The number of aromatic nitrogens is 4. The third-order valence-corrected chi connectivity index (χ3v) is 10.3. The Morgan fingerprint density at radius 1 is 1.12 bits per heavy atom. The Kier molecular flexibility index (Phi) is 7.92. The van der Waals surface area contributed by atoms with Crippen molar-refractivity contribution in [1.82, 2.24) is 19.7 Å². The molecule has 3 aromatic rings. The summed E-state index contributed by atoms with van der Waals surface area (Å²) >= 11 is 6.42. The first kappa shape index (κ1) is 30.9. The molecule has 0 saturated carbocycles. The quantitative estimate of drug-likeness (QED) is 0.195. The van der Waals surface area contributed by atoms with E-state index in [9.17, 15) is 8.96 Å². The van der Waals surface area contributed by atoms with Gasteiger partial charge in [0, 0.05) is 18.5 Å². The molecule has 2 fully saturated rings. The molecule has 1 aliphatic carbocycles. The molecule has 2 atom stereocenters. The minimum absolute atomic E-state index is 0.0707. The van der Waals surface area contributed by atoms with Gasteiger partial charge in [0.05, 0.1) is 35.5 Å². The molecule has 234 valence electrons. The van der Waals surface area contributed by atoms with Gasteiger partial charge >= 0.3 is 7.60 Å². The summed E-state index contributed by atoms with van der Waals surface area (Å²) in [5, 5.41) is 5.54. The predicted octanol–water partition coefficient (Wildman–Crippen LogP) is 6.80.